The Hall–Kier alpha value is -2.76. The molecule has 0 unspecified atom stereocenters. The van der Waals surface area contributed by atoms with Gasteiger partial charge in [0.2, 0.25) is 10.0 Å². The molecule has 0 radical (unpaired) electrons. The quantitative estimate of drug-likeness (QED) is 0.674. The van der Waals surface area contributed by atoms with E-state index in [0.29, 0.717) is 13.1 Å². The minimum absolute atomic E-state index is 0.00556. The molecule has 1 heterocycles. The van der Waals surface area contributed by atoms with Gasteiger partial charge in [-0.25, -0.2) is 12.8 Å². The third-order valence-electron chi connectivity index (χ3n) is 5.39. The highest BCUT2D eigenvalue weighted by molar-refractivity contribution is 7.89. The Labute approximate surface area is 182 Å². The van der Waals surface area contributed by atoms with Crippen LogP contribution >= 0.6 is 0 Å². The van der Waals surface area contributed by atoms with E-state index in [-0.39, 0.29) is 40.9 Å². The van der Waals surface area contributed by atoms with E-state index >= 15 is 0 Å². The van der Waals surface area contributed by atoms with Crippen molar-refractivity contribution in [2.45, 2.75) is 31.6 Å². The highest BCUT2D eigenvalue weighted by Gasteiger charge is 2.32. The van der Waals surface area contributed by atoms with Crippen molar-refractivity contribution in [3.63, 3.8) is 0 Å². The molecule has 1 amide bonds. The third kappa shape index (κ3) is 5.12. The number of rotatable bonds is 6. The fraction of sp³-hybridized carbons (Fsp3) is 0.391. The Bertz CT molecular complexity index is 1090. The van der Waals surface area contributed by atoms with Crippen molar-refractivity contribution < 1.29 is 17.6 Å². The topological polar surface area (TPSA) is 81.5 Å². The molecule has 8 heteroatoms. The Morgan fingerprint density at radius 2 is 1.84 bits per heavy atom. The third-order valence-corrected chi connectivity index (χ3v) is 7.22. The van der Waals surface area contributed by atoms with Crippen LogP contribution < -0.4 is 4.90 Å². The van der Waals surface area contributed by atoms with Gasteiger partial charge in [0.25, 0.3) is 5.91 Å². The molecule has 0 N–H and O–H groups in total. The van der Waals surface area contributed by atoms with E-state index < -0.39 is 21.7 Å². The van der Waals surface area contributed by atoms with Gasteiger partial charge < -0.3 is 4.90 Å². The SMILES string of the molecule is C[C@H]1C[C@H](C)CN(S(=O)(=O)c2cccc(C(=O)N(CCC#N)c3ccccc3F)c2)C1. The molecule has 2 atom stereocenters. The Balaban J connectivity index is 1.94. The molecule has 3 rings (SSSR count). The molecule has 0 aromatic heterocycles. The summed E-state index contributed by atoms with van der Waals surface area (Å²) in [6.07, 6.45) is 0.989. The van der Waals surface area contributed by atoms with Crippen molar-refractivity contribution in [2.75, 3.05) is 24.5 Å². The summed E-state index contributed by atoms with van der Waals surface area (Å²) in [4.78, 5) is 14.4. The van der Waals surface area contributed by atoms with Crippen molar-refractivity contribution in [1.29, 1.82) is 5.26 Å². The summed E-state index contributed by atoms with van der Waals surface area (Å²) in [6, 6.07) is 13.6. The van der Waals surface area contributed by atoms with E-state index in [4.69, 9.17) is 5.26 Å². The molecule has 0 spiro atoms. The van der Waals surface area contributed by atoms with Gasteiger partial charge in [0.1, 0.15) is 5.82 Å². The number of hydrogen-bond donors (Lipinski definition) is 0. The van der Waals surface area contributed by atoms with Crippen molar-refractivity contribution in [1.82, 2.24) is 4.31 Å². The first-order valence-electron chi connectivity index (χ1n) is 10.3. The molecule has 0 bridgehead atoms. The second-order valence-corrected chi connectivity index (χ2v) is 10.1. The number of sulfonamides is 1. The number of carbonyl (C=O) groups is 1. The molecule has 0 saturated carbocycles. The standard InChI is InChI=1S/C23H26FN3O3S/c1-17-13-18(2)16-26(15-17)31(29,30)20-8-5-7-19(14-20)23(28)27(12-6-11-25)22-10-4-3-9-21(22)24/h3-5,7-10,14,17-18H,6,12-13,15-16H2,1-2H3/t17-,18-/m0/s1. The number of anilines is 1. The van der Waals surface area contributed by atoms with Gasteiger partial charge in [-0.1, -0.05) is 32.0 Å². The highest BCUT2D eigenvalue weighted by atomic mass is 32.2. The second-order valence-electron chi connectivity index (χ2n) is 8.11. The van der Waals surface area contributed by atoms with Crippen molar-refractivity contribution in [2.24, 2.45) is 11.8 Å². The summed E-state index contributed by atoms with van der Waals surface area (Å²) in [5.74, 6) is -0.636. The number of nitriles is 1. The summed E-state index contributed by atoms with van der Waals surface area (Å²) >= 11 is 0. The maximum atomic E-state index is 14.3. The summed E-state index contributed by atoms with van der Waals surface area (Å²) in [7, 11) is -3.76. The van der Waals surface area contributed by atoms with Crippen LogP contribution in [0.3, 0.4) is 0 Å². The molecule has 0 aliphatic carbocycles. The van der Waals surface area contributed by atoms with Gasteiger partial charge in [0.05, 0.1) is 23.1 Å². The first kappa shape index (κ1) is 22.9. The second kappa shape index (κ2) is 9.58. The average molecular weight is 444 g/mol. The Morgan fingerprint density at radius 3 is 2.48 bits per heavy atom. The van der Waals surface area contributed by atoms with E-state index in [1.807, 2.05) is 19.9 Å². The molecule has 31 heavy (non-hydrogen) atoms. The smallest absolute Gasteiger partial charge is 0.258 e. The minimum Gasteiger partial charge on any atom is -0.304 e. The largest absolute Gasteiger partial charge is 0.304 e. The van der Waals surface area contributed by atoms with Crippen LogP contribution in [-0.4, -0.2) is 38.3 Å². The lowest BCUT2D eigenvalue weighted by molar-refractivity contribution is 0.0986. The monoisotopic (exact) mass is 443 g/mol. The van der Waals surface area contributed by atoms with Gasteiger partial charge in [-0.05, 0) is 48.6 Å². The highest BCUT2D eigenvalue weighted by Crippen LogP contribution is 2.28. The molecule has 1 saturated heterocycles. The van der Waals surface area contributed by atoms with E-state index in [2.05, 4.69) is 0 Å². The number of hydrogen-bond acceptors (Lipinski definition) is 4. The van der Waals surface area contributed by atoms with Crippen molar-refractivity contribution in [3.8, 4) is 6.07 Å². The predicted molar refractivity (Wildman–Crippen MR) is 116 cm³/mol. The first-order chi connectivity index (χ1) is 14.7. The zero-order valence-corrected chi connectivity index (χ0v) is 18.5. The summed E-state index contributed by atoms with van der Waals surface area (Å²) in [6.45, 7) is 4.93. The van der Waals surface area contributed by atoms with Gasteiger partial charge in [0, 0.05) is 25.2 Å². The fourth-order valence-corrected chi connectivity index (χ4v) is 5.79. The van der Waals surface area contributed by atoms with Crippen LogP contribution in [0.25, 0.3) is 0 Å². The summed E-state index contributed by atoms with van der Waals surface area (Å²) in [5, 5.41) is 8.95. The predicted octanol–water partition coefficient (Wildman–Crippen LogP) is 4.05. The van der Waals surface area contributed by atoms with Crippen LogP contribution in [-0.2, 0) is 10.0 Å². The normalized spacial score (nSPS) is 19.5. The van der Waals surface area contributed by atoms with Crippen LogP contribution in [0.15, 0.2) is 53.4 Å². The first-order valence-corrected chi connectivity index (χ1v) is 11.7. The van der Waals surface area contributed by atoms with E-state index in [9.17, 15) is 17.6 Å². The summed E-state index contributed by atoms with van der Waals surface area (Å²) < 4.78 is 42.3. The Kier molecular flexibility index (Phi) is 7.08. The van der Waals surface area contributed by atoms with Gasteiger partial charge in [-0.15, -0.1) is 0 Å². The number of piperidine rings is 1. The minimum atomic E-state index is -3.76. The number of para-hydroxylation sites is 1. The van der Waals surface area contributed by atoms with E-state index in [1.54, 1.807) is 6.07 Å². The lowest BCUT2D eigenvalue weighted by Gasteiger charge is -2.34. The van der Waals surface area contributed by atoms with Gasteiger partial charge >= 0.3 is 0 Å². The molecule has 6 nitrogen and oxygen atoms in total. The van der Waals surface area contributed by atoms with Crippen LogP contribution in [0.2, 0.25) is 0 Å². The molecule has 1 aliphatic heterocycles. The molecule has 164 valence electrons. The Morgan fingerprint density at radius 1 is 1.16 bits per heavy atom. The number of benzene rings is 2. The van der Waals surface area contributed by atoms with Crippen LogP contribution in [0, 0.1) is 29.0 Å². The number of carbonyl (C=O) groups excluding carboxylic acids is 1. The van der Waals surface area contributed by atoms with Gasteiger partial charge in [-0.2, -0.15) is 9.57 Å². The maximum absolute atomic E-state index is 14.3. The maximum Gasteiger partial charge on any atom is 0.258 e. The number of nitrogens with zero attached hydrogens (tertiary/aromatic N) is 3. The molecular weight excluding hydrogens is 417 g/mol. The van der Waals surface area contributed by atoms with E-state index in [1.165, 1.54) is 51.7 Å². The lowest BCUT2D eigenvalue weighted by Crippen LogP contribution is -2.42. The molecule has 2 aromatic rings. The number of halogens is 1. The zero-order chi connectivity index (χ0) is 22.6. The summed E-state index contributed by atoms with van der Waals surface area (Å²) in [5.41, 5.74) is 0.176. The lowest BCUT2D eigenvalue weighted by atomic mass is 9.94. The fourth-order valence-electron chi connectivity index (χ4n) is 4.06. The molecule has 1 fully saturated rings. The van der Waals surface area contributed by atoms with Crippen LogP contribution in [0.1, 0.15) is 37.0 Å². The molecular formula is C23H26FN3O3S. The van der Waals surface area contributed by atoms with Crippen molar-refractivity contribution >= 4 is 21.6 Å². The van der Waals surface area contributed by atoms with E-state index in [0.717, 1.165) is 6.42 Å². The molecule has 1 aliphatic rings. The van der Waals surface area contributed by atoms with Gasteiger partial charge in [0.15, 0.2) is 0 Å². The van der Waals surface area contributed by atoms with Crippen molar-refractivity contribution in [3.05, 3.63) is 59.9 Å². The average Bonchev–Trinajstić information content (AvgIpc) is 2.74. The van der Waals surface area contributed by atoms with Crippen LogP contribution in [0.4, 0.5) is 10.1 Å². The molecule has 2 aromatic carbocycles. The van der Waals surface area contributed by atoms with Gasteiger partial charge in [-0.3, -0.25) is 4.79 Å². The van der Waals surface area contributed by atoms with Crippen LogP contribution in [0.5, 0.6) is 0 Å². The zero-order valence-electron chi connectivity index (χ0n) is 17.7. The number of amides is 1.